The van der Waals surface area contributed by atoms with E-state index in [1.165, 1.54) is 109 Å². The molecule has 6 nitrogen and oxygen atoms in total. The number of ether oxygens (including phenoxy) is 3. The molecule has 0 bridgehead atoms. The van der Waals surface area contributed by atoms with Crippen LogP contribution in [0.5, 0.6) is 0 Å². The Kier molecular flexibility index (Phi) is 52.9. The average Bonchev–Trinajstić information content (AvgIpc) is 3.34. The number of carbonyl (C=O) groups excluding carboxylic acids is 3. The van der Waals surface area contributed by atoms with Gasteiger partial charge in [-0.3, -0.25) is 14.4 Å². The van der Waals surface area contributed by atoms with Crippen molar-refractivity contribution in [1.82, 2.24) is 0 Å². The largest absolute Gasteiger partial charge is 0.462 e. The van der Waals surface area contributed by atoms with Crippen LogP contribution >= 0.6 is 0 Å². The third kappa shape index (κ3) is 53.3. The smallest absolute Gasteiger partial charge is 0.306 e. The predicted molar refractivity (Wildman–Crippen MR) is 293 cm³/mol. The molecular formula is C62H104O6. The Labute approximate surface area is 419 Å². The van der Waals surface area contributed by atoms with Gasteiger partial charge in [0.25, 0.3) is 0 Å². The van der Waals surface area contributed by atoms with E-state index in [4.69, 9.17) is 14.2 Å². The number of hydrogen-bond acceptors (Lipinski definition) is 6. The molecule has 0 aliphatic rings. The highest BCUT2D eigenvalue weighted by Crippen LogP contribution is 2.14. The molecule has 6 heteroatoms. The minimum Gasteiger partial charge on any atom is -0.462 e. The quantitative estimate of drug-likeness (QED) is 0.0262. The van der Waals surface area contributed by atoms with Crippen molar-refractivity contribution in [2.75, 3.05) is 13.2 Å². The van der Waals surface area contributed by atoms with Gasteiger partial charge in [0.05, 0.1) is 0 Å². The minimum absolute atomic E-state index is 0.0928. The molecule has 0 saturated carbocycles. The molecule has 388 valence electrons. The maximum Gasteiger partial charge on any atom is 0.306 e. The summed E-state index contributed by atoms with van der Waals surface area (Å²) in [5, 5.41) is 0. The molecule has 0 aromatic carbocycles. The maximum atomic E-state index is 12.8. The Balaban J connectivity index is 4.21. The summed E-state index contributed by atoms with van der Waals surface area (Å²) in [4.78, 5) is 37.9. The highest BCUT2D eigenvalue weighted by Gasteiger charge is 2.19. The molecule has 0 aliphatic heterocycles. The van der Waals surface area contributed by atoms with Gasteiger partial charge in [0.15, 0.2) is 6.10 Å². The summed E-state index contributed by atoms with van der Waals surface area (Å²) in [7, 11) is 0. The topological polar surface area (TPSA) is 78.9 Å². The van der Waals surface area contributed by atoms with Crippen LogP contribution in [0.15, 0.2) is 97.2 Å². The Hall–Kier alpha value is -3.67. The van der Waals surface area contributed by atoms with Crippen LogP contribution in [0.4, 0.5) is 0 Å². The Morgan fingerprint density at radius 1 is 0.309 bits per heavy atom. The van der Waals surface area contributed by atoms with Crippen LogP contribution < -0.4 is 0 Å². The molecule has 0 fully saturated rings. The normalized spacial score (nSPS) is 12.8. The second-order valence-electron chi connectivity index (χ2n) is 18.5. The van der Waals surface area contributed by atoms with Crippen molar-refractivity contribution in [3.63, 3.8) is 0 Å². The average molecular weight is 946 g/mol. The fourth-order valence-electron chi connectivity index (χ4n) is 7.59. The Morgan fingerprint density at radius 2 is 0.574 bits per heavy atom. The molecule has 0 saturated heterocycles. The number of carbonyl (C=O) groups is 3. The minimum atomic E-state index is -0.794. The van der Waals surface area contributed by atoms with Gasteiger partial charge in [0.2, 0.25) is 0 Å². The Morgan fingerprint density at radius 3 is 0.912 bits per heavy atom. The van der Waals surface area contributed by atoms with Crippen LogP contribution in [0, 0.1) is 0 Å². The number of allylic oxidation sites excluding steroid dienone is 16. The summed E-state index contributed by atoms with van der Waals surface area (Å²) in [6.45, 7) is 6.42. The van der Waals surface area contributed by atoms with E-state index in [1.54, 1.807) is 0 Å². The van der Waals surface area contributed by atoms with Crippen molar-refractivity contribution in [2.45, 2.75) is 264 Å². The summed E-state index contributed by atoms with van der Waals surface area (Å²) in [5.41, 5.74) is 0. The molecule has 0 rings (SSSR count). The summed E-state index contributed by atoms with van der Waals surface area (Å²) in [6, 6.07) is 0. The SMILES string of the molecule is CC/C=C\C/C=C\C/C=C\C/C=C\C/C=C\CCCCCC(=O)OC(COC(=O)CCCCCCCC)COC(=O)CCCCCCCCCCCC/C=C\C/C=C\C/C=C\CCCCCCC. The molecular weight excluding hydrogens is 841 g/mol. The maximum absolute atomic E-state index is 12.8. The lowest BCUT2D eigenvalue weighted by Gasteiger charge is -2.18. The number of hydrogen-bond donors (Lipinski definition) is 0. The van der Waals surface area contributed by atoms with Crippen molar-refractivity contribution in [1.29, 1.82) is 0 Å². The van der Waals surface area contributed by atoms with Crippen molar-refractivity contribution in [3.05, 3.63) is 97.2 Å². The standard InChI is InChI=1S/C62H104O6/c1-4-7-10-13-16-18-20-22-24-26-28-29-30-31-32-33-35-36-38-40-42-44-46-49-52-55-61(64)67-58-59(57-66-60(63)54-51-48-15-12-9-6-3)68-62(65)56-53-50-47-45-43-41-39-37-34-27-25-23-21-19-17-14-11-8-5-2/h8,11,17,19-20,22-23,25-26,28,30-31,34,37,41,43,59H,4-7,9-10,12-16,18,21,24,27,29,32-33,35-36,38-40,42,44-58H2,1-3H3/b11-8-,19-17-,22-20-,25-23-,28-26-,31-30-,37-34-,43-41-. The number of unbranched alkanes of at least 4 members (excludes halogenated alkanes) is 23. The third-order valence-electron chi connectivity index (χ3n) is 11.8. The number of esters is 3. The third-order valence-corrected chi connectivity index (χ3v) is 11.8. The lowest BCUT2D eigenvalue weighted by molar-refractivity contribution is -0.167. The summed E-state index contributed by atoms with van der Waals surface area (Å²) in [6.07, 6.45) is 74.3. The molecule has 0 amide bonds. The van der Waals surface area contributed by atoms with E-state index in [1.807, 2.05) is 0 Å². The zero-order valence-corrected chi connectivity index (χ0v) is 44.3. The molecule has 1 unspecified atom stereocenters. The second-order valence-corrected chi connectivity index (χ2v) is 18.5. The van der Waals surface area contributed by atoms with E-state index in [9.17, 15) is 14.4 Å². The van der Waals surface area contributed by atoms with E-state index >= 15 is 0 Å². The molecule has 0 aromatic heterocycles. The monoisotopic (exact) mass is 945 g/mol. The lowest BCUT2D eigenvalue weighted by Crippen LogP contribution is -2.30. The van der Waals surface area contributed by atoms with Gasteiger partial charge in [-0.25, -0.2) is 0 Å². The van der Waals surface area contributed by atoms with Crippen molar-refractivity contribution in [2.24, 2.45) is 0 Å². The van der Waals surface area contributed by atoms with E-state index in [0.29, 0.717) is 12.8 Å². The molecule has 1 atom stereocenters. The van der Waals surface area contributed by atoms with Gasteiger partial charge in [-0.15, -0.1) is 0 Å². The Bertz CT molecular complexity index is 1360. The molecule has 0 N–H and O–H groups in total. The van der Waals surface area contributed by atoms with Gasteiger partial charge in [-0.05, 0) is 103 Å². The van der Waals surface area contributed by atoms with Crippen LogP contribution in [0.2, 0.25) is 0 Å². The second kappa shape index (κ2) is 55.9. The van der Waals surface area contributed by atoms with E-state index in [2.05, 4.69) is 118 Å². The highest BCUT2D eigenvalue weighted by molar-refractivity contribution is 5.71. The first-order chi connectivity index (χ1) is 33.5. The number of rotatable bonds is 50. The summed E-state index contributed by atoms with van der Waals surface area (Å²) < 4.78 is 16.7. The van der Waals surface area contributed by atoms with Gasteiger partial charge < -0.3 is 14.2 Å². The van der Waals surface area contributed by atoms with Crippen LogP contribution in [-0.4, -0.2) is 37.2 Å². The molecule has 0 spiro atoms. The van der Waals surface area contributed by atoms with Crippen molar-refractivity contribution >= 4 is 17.9 Å². The highest BCUT2D eigenvalue weighted by atomic mass is 16.6. The van der Waals surface area contributed by atoms with Crippen LogP contribution in [-0.2, 0) is 28.6 Å². The first-order valence-corrected chi connectivity index (χ1v) is 28.2. The predicted octanol–water partition coefficient (Wildman–Crippen LogP) is 18.9. The molecule has 0 aliphatic carbocycles. The molecule has 0 aromatic rings. The van der Waals surface area contributed by atoms with Crippen LogP contribution in [0.1, 0.15) is 258 Å². The zero-order chi connectivity index (χ0) is 49.3. The fraction of sp³-hybridized carbons (Fsp3) is 0.694. The van der Waals surface area contributed by atoms with Crippen molar-refractivity contribution < 1.29 is 28.6 Å². The molecule has 0 heterocycles. The van der Waals surface area contributed by atoms with Crippen LogP contribution in [0.3, 0.4) is 0 Å². The lowest BCUT2D eigenvalue weighted by atomic mass is 10.1. The fourth-order valence-corrected chi connectivity index (χ4v) is 7.59. The van der Waals surface area contributed by atoms with Gasteiger partial charge >= 0.3 is 17.9 Å². The molecule has 0 radical (unpaired) electrons. The van der Waals surface area contributed by atoms with E-state index in [0.717, 1.165) is 109 Å². The van der Waals surface area contributed by atoms with Crippen molar-refractivity contribution in [3.8, 4) is 0 Å². The van der Waals surface area contributed by atoms with E-state index < -0.39 is 6.10 Å². The summed E-state index contributed by atoms with van der Waals surface area (Å²) in [5.74, 6) is -0.939. The first kappa shape index (κ1) is 64.3. The molecule has 68 heavy (non-hydrogen) atoms. The van der Waals surface area contributed by atoms with Gasteiger partial charge in [-0.1, -0.05) is 234 Å². The first-order valence-electron chi connectivity index (χ1n) is 28.2. The van der Waals surface area contributed by atoms with E-state index in [-0.39, 0.29) is 37.5 Å². The van der Waals surface area contributed by atoms with Gasteiger partial charge in [-0.2, -0.15) is 0 Å². The zero-order valence-electron chi connectivity index (χ0n) is 44.3. The van der Waals surface area contributed by atoms with Gasteiger partial charge in [0.1, 0.15) is 13.2 Å². The van der Waals surface area contributed by atoms with Crippen LogP contribution in [0.25, 0.3) is 0 Å². The summed E-state index contributed by atoms with van der Waals surface area (Å²) >= 11 is 0. The van der Waals surface area contributed by atoms with Gasteiger partial charge in [0, 0.05) is 19.3 Å².